The maximum atomic E-state index is 12.6. The van der Waals surface area contributed by atoms with Gasteiger partial charge in [0, 0.05) is 12.8 Å². The summed E-state index contributed by atoms with van der Waals surface area (Å²) in [5, 5.41) is 8.82. The molecule has 0 aromatic heterocycles. The summed E-state index contributed by atoms with van der Waals surface area (Å²) >= 11 is 0. The molecule has 0 spiro atoms. The Kier molecular flexibility index (Phi) is 36.1. The van der Waals surface area contributed by atoms with Crippen molar-refractivity contribution in [3.05, 3.63) is 36.5 Å². The maximum absolute atomic E-state index is 12.6. The lowest BCUT2D eigenvalue weighted by molar-refractivity contribution is -0.150. The zero-order chi connectivity index (χ0) is 33.6. The lowest BCUT2D eigenvalue weighted by Crippen LogP contribution is -2.18. The molecule has 0 aliphatic carbocycles. The van der Waals surface area contributed by atoms with Crippen LogP contribution in [0.25, 0.3) is 0 Å². The SMILES string of the molecule is CC/C=C\C/C=C\C/C=C\CCCCCC(=O)OC(CCCCCCCCCCCCCCCCC)CCCCCCCC(=O)O. The number of ether oxygens (including phenoxy) is 1. The van der Waals surface area contributed by atoms with E-state index in [1.165, 1.54) is 89.9 Å². The number of aliphatic carboxylic acids is 1. The molecular formula is C42H76O4. The van der Waals surface area contributed by atoms with Crippen LogP contribution in [0.2, 0.25) is 0 Å². The molecule has 0 aromatic carbocycles. The van der Waals surface area contributed by atoms with Gasteiger partial charge in [0.15, 0.2) is 0 Å². The first kappa shape index (κ1) is 44.2. The third-order valence-corrected chi connectivity index (χ3v) is 8.88. The van der Waals surface area contributed by atoms with Crippen molar-refractivity contribution in [2.24, 2.45) is 0 Å². The minimum atomic E-state index is -0.703. The summed E-state index contributed by atoms with van der Waals surface area (Å²) in [7, 11) is 0. The van der Waals surface area contributed by atoms with Crippen LogP contribution in [0.15, 0.2) is 36.5 Å². The van der Waals surface area contributed by atoms with Crippen molar-refractivity contribution in [2.45, 2.75) is 219 Å². The summed E-state index contributed by atoms with van der Waals surface area (Å²) in [6.07, 6.45) is 48.8. The number of rotatable bonds is 36. The fourth-order valence-electron chi connectivity index (χ4n) is 5.96. The van der Waals surface area contributed by atoms with E-state index in [1.807, 2.05) is 0 Å². The van der Waals surface area contributed by atoms with E-state index in [-0.39, 0.29) is 18.5 Å². The van der Waals surface area contributed by atoms with Crippen LogP contribution in [0.1, 0.15) is 213 Å². The van der Waals surface area contributed by atoms with Crippen LogP contribution in [0, 0.1) is 0 Å². The quantitative estimate of drug-likeness (QED) is 0.0419. The maximum Gasteiger partial charge on any atom is 0.306 e. The molecule has 0 rings (SSSR count). The summed E-state index contributed by atoms with van der Waals surface area (Å²) < 4.78 is 5.99. The first-order chi connectivity index (χ1) is 22.6. The van der Waals surface area contributed by atoms with Gasteiger partial charge in [-0.25, -0.2) is 0 Å². The van der Waals surface area contributed by atoms with Crippen molar-refractivity contribution >= 4 is 11.9 Å². The van der Waals surface area contributed by atoms with Crippen molar-refractivity contribution in [2.75, 3.05) is 0 Å². The Hall–Kier alpha value is -1.84. The Bertz CT molecular complexity index is 738. The number of carboxylic acid groups (broad SMARTS) is 1. The number of esters is 1. The molecule has 0 heterocycles. The molecule has 4 nitrogen and oxygen atoms in total. The molecule has 0 amide bonds. The molecule has 0 saturated carbocycles. The molecule has 0 bridgehead atoms. The van der Waals surface area contributed by atoms with E-state index in [4.69, 9.17) is 9.84 Å². The van der Waals surface area contributed by atoms with E-state index in [0.29, 0.717) is 6.42 Å². The van der Waals surface area contributed by atoms with Crippen LogP contribution in [-0.4, -0.2) is 23.1 Å². The third-order valence-electron chi connectivity index (χ3n) is 8.88. The first-order valence-corrected chi connectivity index (χ1v) is 20.0. The number of carbonyl (C=O) groups excluding carboxylic acids is 1. The van der Waals surface area contributed by atoms with Gasteiger partial charge < -0.3 is 9.84 Å². The zero-order valence-corrected chi connectivity index (χ0v) is 30.6. The standard InChI is InChI=1S/C42H76O4/c1-3-5-7-9-11-13-15-17-18-20-21-23-25-28-32-36-40(37-33-29-27-30-34-38-41(43)44)46-42(45)39-35-31-26-24-22-19-16-14-12-10-8-6-4-2/h6,8,12,14,19,22,40H,3-5,7,9-11,13,15-18,20-21,23-39H2,1-2H3,(H,43,44)/b8-6-,14-12-,22-19-. The Morgan fingerprint density at radius 1 is 0.500 bits per heavy atom. The Morgan fingerprint density at radius 3 is 1.41 bits per heavy atom. The second-order valence-corrected chi connectivity index (χ2v) is 13.4. The van der Waals surface area contributed by atoms with E-state index in [1.54, 1.807) is 0 Å². The normalized spacial score (nSPS) is 12.6. The van der Waals surface area contributed by atoms with Crippen molar-refractivity contribution in [3.8, 4) is 0 Å². The van der Waals surface area contributed by atoms with Crippen LogP contribution in [-0.2, 0) is 14.3 Å². The molecule has 0 radical (unpaired) electrons. The van der Waals surface area contributed by atoms with Crippen molar-refractivity contribution in [3.63, 3.8) is 0 Å². The average molecular weight is 645 g/mol. The molecule has 1 atom stereocenters. The molecule has 268 valence electrons. The van der Waals surface area contributed by atoms with Crippen molar-refractivity contribution < 1.29 is 19.4 Å². The Morgan fingerprint density at radius 2 is 0.913 bits per heavy atom. The minimum Gasteiger partial charge on any atom is -0.481 e. The molecule has 0 fully saturated rings. The number of allylic oxidation sites excluding steroid dienone is 6. The molecule has 0 aromatic rings. The molecule has 1 N–H and O–H groups in total. The monoisotopic (exact) mass is 645 g/mol. The van der Waals surface area contributed by atoms with E-state index in [9.17, 15) is 9.59 Å². The highest BCUT2D eigenvalue weighted by Gasteiger charge is 2.14. The molecule has 4 heteroatoms. The average Bonchev–Trinajstić information content (AvgIpc) is 3.04. The molecule has 46 heavy (non-hydrogen) atoms. The van der Waals surface area contributed by atoms with Crippen LogP contribution in [0.4, 0.5) is 0 Å². The van der Waals surface area contributed by atoms with E-state index in [0.717, 1.165) is 96.3 Å². The van der Waals surface area contributed by atoms with Crippen LogP contribution in [0.5, 0.6) is 0 Å². The number of carboxylic acids is 1. The fraction of sp³-hybridized carbons (Fsp3) is 0.810. The lowest BCUT2D eigenvalue weighted by atomic mass is 10.0. The minimum absolute atomic E-state index is 0.0229. The van der Waals surface area contributed by atoms with Gasteiger partial charge in [0.25, 0.3) is 0 Å². The summed E-state index contributed by atoms with van der Waals surface area (Å²) in [6, 6.07) is 0. The predicted molar refractivity (Wildman–Crippen MR) is 199 cm³/mol. The topological polar surface area (TPSA) is 63.6 Å². The molecular weight excluding hydrogens is 568 g/mol. The summed E-state index contributed by atoms with van der Waals surface area (Å²) in [5.41, 5.74) is 0. The smallest absolute Gasteiger partial charge is 0.306 e. The van der Waals surface area contributed by atoms with Crippen LogP contribution < -0.4 is 0 Å². The van der Waals surface area contributed by atoms with E-state index < -0.39 is 5.97 Å². The third kappa shape index (κ3) is 36.6. The molecule has 0 aliphatic rings. The van der Waals surface area contributed by atoms with Gasteiger partial charge in [0.1, 0.15) is 6.10 Å². The van der Waals surface area contributed by atoms with Gasteiger partial charge in [0.05, 0.1) is 0 Å². The van der Waals surface area contributed by atoms with Gasteiger partial charge in [-0.3, -0.25) is 9.59 Å². The highest BCUT2D eigenvalue weighted by Crippen LogP contribution is 2.19. The van der Waals surface area contributed by atoms with Gasteiger partial charge >= 0.3 is 11.9 Å². The molecule has 0 aliphatic heterocycles. The van der Waals surface area contributed by atoms with Crippen molar-refractivity contribution in [1.29, 1.82) is 0 Å². The largest absolute Gasteiger partial charge is 0.481 e. The summed E-state index contributed by atoms with van der Waals surface area (Å²) in [6.45, 7) is 4.44. The molecule has 1 unspecified atom stereocenters. The van der Waals surface area contributed by atoms with Gasteiger partial charge in [-0.2, -0.15) is 0 Å². The van der Waals surface area contributed by atoms with E-state index in [2.05, 4.69) is 50.3 Å². The number of unbranched alkanes of at least 4 members (excludes halogenated alkanes) is 21. The van der Waals surface area contributed by atoms with Gasteiger partial charge in [-0.1, -0.05) is 166 Å². The summed E-state index contributed by atoms with van der Waals surface area (Å²) in [5.74, 6) is -0.726. The van der Waals surface area contributed by atoms with Gasteiger partial charge in [-0.15, -0.1) is 0 Å². The second kappa shape index (κ2) is 37.6. The highest BCUT2D eigenvalue weighted by molar-refractivity contribution is 5.69. The second-order valence-electron chi connectivity index (χ2n) is 13.4. The van der Waals surface area contributed by atoms with Crippen LogP contribution in [0.3, 0.4) is 0 Å². The Labute approximate surface area is 286 Å². The summed E-state index contributed by atoms with van der Waals surface area (Å²) in [4.78, 5) is 23.4. The number of hydrogen-bond acceptors (Lipinski definition) is 3. The first-order valence-electron chi connectivity index (χ1n) is 20.0. The fourth-order valence-corrected chi connectivity index (χ4v) is 5.96. The van der Waals surface area contributed by atoms with Crippen molar-refractivity contribution in [1.82, 2.24) is 0 Å². The molecule has 0 saturated heterocycles. The number of carbonyl (C=O) groups is 2. The number of hydrogen-bond donors (Lipinski definition) is 1. The Balaban J connectivity index is 4.08. The zero-order valence-electron chi connectivity index (χ0n) is 30.6. The lowest BCUT2D eigenvalue weighted by Gasteiger charge is -2.18. The highest BCUT2D eigenvalue weighted by atomic mass is 16.5. The van der Waals surface area contributed by atoms with Crippen LogP contribution >= 0.6 is 0 Å². The van der Waals surface area contributed by atoms with Gasteiger partial charge in [-0.05, 0) is 70.6 Å². The van der Waals surface area contributed by atoms with E-state index >= 15 is 0 Å². The van der Waals surface area contributed by atoms with Gasteiger partial charge in [0.2, 0.25) is 0 Å². The predicted octanol–water partition coefficient (Wildman–Crippen LogP) is 13.8.